The Morgan fingerprint density at radius 2 is 2.19 bits per heavy atom. The molecule has 0 saturated carbocycles. The van der Waals surface area contributed by atoms with Gasteiger partial charge < -0.3 is 4.74 Å². The molecule has 0 aliphatic rings. The van der Waals surface area contributed by atoms with Crippen molar-refractivity contribution in [3.63, 3.8) is 0 Å². The minimum Gasteiger partial charge on any atom is -0.497 e. The minimum absolute atomic E-state index is 0.408. The Hall–Kier alpha value is -2.17. The smallest absolute Gasteiger partial charge is 0.282 e. The van der Waals surface area contributed by atoms with Gasteiger partial charge in [0.25, 0.3) is 5.56 Å². The van der Waals surface area contributed by atoms with Crippen LogP contribution in [0.2, 0.25) is 0 Å². The van der Waals surface area contributed by atoms with Crippen LogP contribution in [-0.4, -0.2) is 22.8 Å². The number of aromatic nitrogens is 2. The Bertz CT molecular complexity index is 616. The zero-order valence-electron chi connectivity index (χ0n) is 8.93. The molecule has 0 radical (unpaired) electrons. The van der Waals surface area contributed by atoms with Crippen molar-refractivity contribution in [2.24, 2.45) is 0 Å². The largest absolute Gasteiger partial charge is 0.497 e. The third-order valence-corrected chi connectivity index (χ3v) is 2.29. The van der Waals surface area contributed by atoms with Gasteiger partial charge in [0.1, 0.15) is 5.75 Å². The molecule has 0 atom stereocenters. The predicted molar refractivity (Wildman–Crippen MR) is 58.9 cm³/mol. The molecule has 0 amide bonds. The molecule has 0 aliphatic heterocycles. The SMILES string of the molecule is COc1ccc2cnn(C(C)=O)c(=O)c2c1. The Morgan fingerprint density at radius 1 is 1.44 bits per heavy atom. The van der Waals surface area contributed by atoms with Gasteiger partial charge in [-0.05, 0) is 18.2 Å². The van der Waals surface area contributed by atoms with Gasteiger partial charge in [-0.25, -0.2) is 0 Å². The maximum atomic E-state index is 11.9. The van der Waals surface area contributed by atoms with E-state index in [0.717, 1.165) is 4.68 Å². The van der Waals surface area contributed by atoms with Gasteiger partial charge >= 0.3 is 0 Å². The second kappa shape index (κ2) is 3.77. The minimum atomic E-state index is -0.427. The fourth-order valence-electron chi connectivity index (χ4n) is 1.47. The van der Waals surface area contributed by atoms with Crippen LogP contribution in [0.15, 0.2) is 29.2 Å². The summed E-state index contributed by atoms with van der Waals surface area (Å²) in [6, 6.07) is 5.06. The van der Waals surface area contributed by atoms with E-state index < -0.39 is 11.5 Å². The number of fused-ring (bicyclic) bond motifs is 1. The fourth-order valence-corrected chi connectivity index (χ4v) is 1.47. The van der Waals surface area contributed by atoms with E-state index in [9.17, 15) is 9.59 Å². The molecule has 0 unspecified atom stereocenters. The topological polar surface area (TPSA) is 61.2 Å². The Balaban J connectivity index is 2.81. The van der Waals surface area contributed by atoms with E-state index in [4.69, 9.17) is 4.74 Å². The van der Waals surface area contributed by atoms with Gasteiger partial charge in [-0.2, -0.15) is 9.78 Å². The molecule has 2 rings (SSSR count). The van der Waals surface area contributed by atoms with Crippen LogP contribution in [0, 0.1) is 0 Å². The van der Waals surface area contributed by atoms with Gasteiger partial charge in [-0.1, -0.05) is 0 Å². The second-order valence-corrected chi connectivity index (χ2v) is 3.33. The van der Waals surface area contributed by atoms with Crippen molar-refractivity contribution >= 4 is 16.7 Å². The van der Waals surface area contributed by atoms with Gasteiger partial charge in [-0.3, -0.25) is 9.59 Å². The third kappa shape index (κ3) is 1.56. The van der Waals surface area contributed by atoms with E-state index in [1.54, 1.807) is 18.2 Å². The highest BCUT2D eigenvalue weighted by Crippen LogP contribution is 2.16. The normalized spacial score (nSPS) is 10.4. The molecular weight excluding hydrogens is 208 g/mol. The van der Waals surface area contributed by atoms with Gasteiger partial charge in [-0.15, -0.1) is 0 Å². The molecule has 82 valence electrons. The molecule has 1 heterocycles. The zero-order chi connectivity index (χ0) is 11.7. The van der Waals surface area contributed by atoms with Crippen molar-refractivity contribution in [2.45, 2.75) is 6.92 Å². The number of methoxy groups -OCH3 is 1. The lowest BCUT2D eigenvalue weighted by Crippen LogP contribution is -2.27. The van der Waals surface area contributed by atoms with E-state index in [1.165, 1.54) is 20.2 Å². The molecule has 0 saturated heterocycles. The quantitative estimate of drug-likeness (QED) is 0.718. The maximum absolute atomic E-state index is 11.9. The number of rotatable bonds is 1. The first-order valence-electron chi connectivity index (χ1n) is 4.70. The van der Waals surface area contributed by atoms with Crippen molar-refractivity contribution in [1.29, 1.82) is 0 Å². The molecule has 0 N–H and O–H groups in total. The predicted octanol–water partition coefficient (Wildman–Crippen LogP) is 1.07. The lowest BCUT2D eigenvalue weighted by molar-refractivity contribution is 0.0915. The van der Waals surface area contributed by atoms with Gasteiger partial charge in [0.2, 0.25) is 5.91 Å². The molecule has 0 spiro atoms. The van der Waals surface area contributed by atoms with Crippen LogP contribution in [0.4, 0.5) is 0 Å². The van der Waals surface area contributed by atoms with Crippen molar-refractivity contribution in [2.75, 3.05) is 7.11 Å². The van der Waals surface area contributed by atoms with E-state index in [2.05, 4.69) is 5.10 Å². The molecule has 5 nitrogen and oxygen atoms in total. The average Bonchev–Trinajstić information content (AvgIpc) is 2.28. The van der Waals surface area contributed by atoms with Crippen LogP contribution in [0.1, 0.15) is 11.7 Å². The number of nitrogens with zero attached hydrogens (tertiary/aromatic N) is 2. The molecule has 1 aromatic carbocycles. The summed E-state index contributed by atoms with van der Waals surface area (Å²) in [6.45, 7) is 1.29. The van der Waals surface area contributed by atoms with Crippen LogP contribution < -0.4 is 10.3 Å². The Kier molecular flexibility index (Phi) is 2.44. The highest BCUT2D eigenvalue weighted by molar-refractivity contribution is 5.85. The summed E-state index contributed by atoms with van der Waals surface area (Å²) < 4.78 is 5.86. The van der Waals surface area contributed by atoms with Crippen LogP contribution >= 0.6 is 0 Å². The highest BCUT2D eigenvalue weighted by atomic mass is 16.5. The Labute approximate surface area is 91.3 Å². The van der Waals surface area contributed by atoms with Crippen molar-refractivity contribution in [3.8, 4) is 5.75 Å². The standard InChI is InChI=1S/C11H10N2O3/c1-7(14)13-11(15)10-5-9(16-2)4-3-8(10)6-12-13/h3-6H,1-2H3. The van der Waals surface area contributed by atoms with Gasteiger partial charge in [0, 0.05) is 12.3 Å². The first kappa shape index (κ1) is 10.4. The molecule has 1 aromatic heterocycles. The maximum Gasteiger partial charge on any atom is 0.282 e. The molecule has 2 aromatic rings. The molecule has 0 fully saturated rings. The number of hydrogen-bond donors (Lipinski definition) is 0. The van der Waals surface area contributed by atoms with E-state index >= 15 is 0 Å². The zero-order valence-corrected chi connectivity index (χ0v) is 8.93. The van der Waals surface area contributed by atoms with Gasteiger partial charge in [0.05, 0.1) is 18.7 Å². The number of benzene rings is 1. The van der Waals surface area contributed by atoms with Crippen LogP contribution in [0.25, 0.3) is 10.8 Å². The summed E-state index contributed by atoms with van der Waals surface area (Å²) in [7, 11) is 1.52. The van der Waals surface area contributed by atoms with Crippen LogP contribution in [-0.2, 0) is 0 Å². The number of hydrogen-bond acceptors (Lipinski definition) is 4. The monoisotopic (exact) mass is 218 g/mol. The summed E-state index contributed by atoms with van der Waals surface area (Å²) in [4.78, 5) is 23.0. The molecule has 0 aliphatic carbocycles. The van der Waals surface area contributed by atoms with Crippen molar-refractivity contribution < 1.29 is 9.53 Å². The Morgan fingerprint density at radius 3 is 2.81 bits per heavy atom. The van der Waals surface area contributed by atoms with E-state index in [1.807, 2.05) is 0 Å². The molecular formula is C11H10N2O3. The third-order valence-electron chi connectivity index (χ3n) is 2.29. The average molecular weight is 218 g/mol. The van der Waals surface area contributed by atoms with E-state index in [0.29, 0.717) is 16.5 Å². The van der Waals surface area contributed by atoms with E-state index in [-0.39, 0.29) is 0 Å². The van der Waals surface area contributed by atoms with Crippen LogP contribution in [0.3, 0.4) is 0 Å². The van der Waals surface area contributed by atoms with Crippen LogP contribution in [0.5, 0.6) is 5.75 Å². The summed E-state index contributed by atoms with van der Waals surface area (Å²) in [5.41, 5.74) is -0.427. The summed E-state index contributed by atoms with van der Waals surface area (Å²) in [6.07, 6.45) is 1.48. The first-order valence-corrected chi connectivity index (χ1v) is 4.70. The summed E-state index contributed by atoms with van der Waals surface area (Å²) >= 11 is 0. The highest BCUT2D eigenvalue weighted by Gasteiger charge is 2.07. The summed E-state index contributed by atoms with van der Waals surface area (Å²) in [5, 5.41) is 4.88. The molecule has 16 heavy (non-hydrogen) atoms. The van der Waals surface area contributed by atoms with Crippen molar-refractivity contribution in [1.82, 2.24) is 9.78 Å². The fraction of sp³-hybridized carbons (Fsp3) is 0.182. The number of carbonyl (C=O) groups excluding carboxylic acids is 1. The second-order valence-electron chi connectivity index (χ2n) is 3.33. The van der Waals surface area contributed by atoms with Gasteiger partial charge in [0.15, 0.2) is 0 Å². The number of ether oxygens (including phenoxy) is 1. The molecule has 0 bridgehead atoms. The van der Waals surface area contributed by atoms with Crippen molar-refractivity contribution in [3.05, 3.63) is 34.7 Å². The lowest BCUT2D eigenvalue weighted by atomic mass is 10.2. The lowest BCUT2D eigenvalue weighted by Gasteiger charge is -2.03. The number of carbonyl (C=O) groups is 1. The molecule has 5 heteroatoms. The summed E-state index contributed by atoms with van der Waals surface area (Å²) in [5.74, 6) is 0.167. The first-order chi connectivity index (χ1) is 7.63.